The standard InChI is InChI=1S/C18H19N3O4/c22-16-9-8-15(20-21(16)11-12-4-2-1-3-5-12)17(23)19-14-7-6-13(10-14)18(24)25/h1-5,8-9,13-14H,6-7,10-11H2,(H,19,23)(H,24,25)/t13-,14+/m0/s1. The summed E-state index contributed by atoms with van der Waals surface area (Å²) < 4.78 is 1.25. The van der Waals surface area contributed by atoms with Gasteiger partial charge in [0, 0.05) is 12.1 Å². The Morgan fingerprint density at radius 2 is 1.92 bits per heavy atom. The largest absolute Gasteiger partial charge is 0.481 e. The first-order chi connectivity index (χ1) is 12.0. The number of hydrogen-bond donors (Lipinski definition) is 2. The summed E-state index contributed by atoms with van der Waals surface area (Å²) in [7, 11) is 0. The van der Waals surface area contributed by atoms with Crippen molar-refractivity contribution in [3.8, 4) is 0 Å². The van der Waals surface area contributed by atoms with Crippen molar-refractivity contribution in [2.45, 2.75) is 31.8 Å². The van der Waals surface area contributed by atoms with E-state index in [1.165, 1.54) is 16.8 Å². The van der Waals surface area contributed by atoms with Crippen molar-refractivity contribution in [1.82, 2.24) is 15.1 Å². The molecule has 0 bridgehead atoms. The number of aliphatic carboxylic acids is 1. The van der Waals surface area contributed by atoms with Crippen molar-refractivity contribution in [1.29, 1.82) is 0 Å². The fourth-order valence-electron chi connectivity index (χ4n) is 3.04. The molecule has 1 amide bonds. The fraction of sp³-hybridized carbons (Fsp3) is 0.333. The number of carbonyl (C=O) groups excluding carboxylic acids is 1. The Labute approximate surface area is 144 Å². The third-order valence-corrected chi connectivity index (χ3v) is 4.39. The molecule has 2 atom stereocenters. The average molecular weight is 341 g/mol. The Kier molecular flexibility index (Phi) is 4.92. The highest BCUT2D eigenvalue weighted by Gasteiger charge is 2.30. The predicted octanol–water partition coefficient (Wildman–Crippen LogP) is 1.27. The monoisotopic (exact) mass is 341 g/mol. The van der Waals surface area contributed by atoms with Crippen LogP contribution in [-0.2, 0) is 11.3 Å². The minimum absolute atomic E-state index is 0.148. The lowest BCUT2D eigenvalue weighted by atomic mass is 10.1. The maximum absolute atomic E-state index is 12.4. The smallest absolute Gasteiger partial charge is 0.306 e. The summed E-state index contributed by atoms with van der Waals surface area (Å²) in [5, 5.41) is 16.0. The van der Waals surface area contributed by atoms with E-state index in [1.54, 1.807) is 0 Å². The van der Waals surface area contributed by atoms with E-state index >= 15 is 0 Å². The first-order valence-electron chi connectivity index (χ1n) is 8.18. The average Bonchev–Trinajstić information content (AvgIpc) is 3.06. The van der Waals surface area contributed by atoms with E-state index in [4.69, 9.17) is 5.11 Å². The zero-order chi connectivity index (χ0) is 17.8. The minimum atomic E-state index is -0.828. The number of carboxylic acids is 1. The molecule has 2 N–H and O–H groups in total. The number of carbonyl (C=O) groups is 2. The summed E-state index contributed by atoms with van der Waals surface area (Å²) in [5.41, 5.74) is 0.774. The molecule has 0 unspecified atom stereocenters. The van der Waals surface area contributed by atoms with Crippen molar-refractivity contribution < 1.29 is 14.7 Å². The van der Waals surface area contributed by atoms with Crippen molar-refractivity contribution >= 4 is 11.9 Å². The molecule has 1 heterocycles. The van der Waals surface area contributed by atoms with Gasteiger partial charge in [0.15, 0.2) is 0 Å². The molecule has 2 aromatic rings. The van der Waals surface area contributed by atoms with Gasteiger partial charge in [-0.05, 0) is 30.9 Å². The van der Waals surface area contributed by atoms with Crippen LogP contribution in [0.2, 0.25) is 0 Å². The fourth-order valence-corrected chi connectivity index (χ4v) is 3.04. The van der Waals surface area contributed by atoms with Gasteiger partial charge in [-0.2, -0.15) is 5.10 Å². The molecule has 0 radical (unpaired) electrons. The molecule has 130 valence electrons. The van der Waals surface area contributed by atoms with E-state index in [0.29, 0.717) is 19.3 Å². The number of benzene rings is 1. The van der Waals surface area contributed by atoms with E-state index < -0.39 is 17.8 Å². The Balaban J connectivity index is 1.70. The van der Waals surface area contributed by atoms with Crippen LogP contribution in [0.4, 0.5) is 0 Å². The van der Waals surface area contributed by atoms with Gasteiger partial charge in [-0.15, -0.1) is 0 Å². The number of carboxylic acid groups (broad SMARTS) is 1. The van der Waals surface area contributed by atoms with Gasteiger partial charge in [-0.25, -0.2) is 4.68 Å². The second-order valence-corrected chi connectivity index (χ2v) is 6.22. The molecule has 7 nitrogen and oxygen atoms in total. The molecule has 0 spiro atoms. The highest BCUT2D eigenvalue weighted by atomic mass is 16.4. The van der Waals surface area contributed by atoms with E-state index in [-0.39, 0.29) is 23.8 Å². The van der Waals surface area contributed by atoms with Crippen LogP contribution in [0.25, 0.3) is 0 Å². The molecule has 0 aliphatic heterocycles. The second-order valence-electron chi connectivity index (χ2n) is 6.22. The van der Waals surface area contributed by atoms with Crippen LogP contribution in [0, 0.1) is 5.92 Å². The van der Waals surface area contributed by atoms with E-state index in [9.17, 15) is 14.4 Å². The van der Waals surface area contributed by atoms with Gasteiger partial charge in [-0.1, -0.05) is 30.3 Å². The predicted molar refractivity (Wildman–Crippen MR) is 90.3 cm³/mol. The van der Waals surface area contributed by atoms with Gasteiger partial charge in [0.25, 0.3) is 11.5 Å². The van der Waals surface area contributed by atoms with Gasteiger partial charge < -0.3 is 10.4 Å². The molecule has 1 saturated carbocycles. The molecule has 0 saturated heterocycles. The zero-order valence-electron chi connectivity index (χ0n) is 13.6. The molecule has 1 aromatic heterocycles. The van der Waals surface area contributed by atoms with Crippen molar-refractivity contribution in [3.63, 3.8) is 0 Å². The summed E-state index contributed by atoms with van der Waals surface area (Å²) in [6.07, 6.45) is 1.61. The van der Waals surface area contributed by atoms with Crippen LogP contribution in [-0.4, -0.2) is 32.8 Å². The summed E-state index contributed by atoms with van der Waals surface area (Å²) in [6.45, 7) is 0.283. The Morgan fingerprint density at radius 3 is 2.60 bits per heavy atom. The van der Waals surface area contributed by atoms with E-state index in [1.807, 2.05) is 30.3 Å². The number of aromatic nitrogens is 2. The normalized spacial score (nSPS) is 19.5. The van der Waals surface area contributed by atoms with Gasteiger partial charge in [0.1, 0.15) is 5.69 Å². The Bertz CT molecular complexity index is 832. The molecule has 1 aromatic carbocycles. The Hall–Kier alpha value is -2.96. The highest BCUT2D eigenvalue weighted by molar-refractivity contribution is 5.92. The van der Waals surface area contributed by atoms with Crippen molar-refractivity contribution in [3.05, 3.63) is 64.1 Å². The lowest BCUT2D eigenvalue weighted by molar-refractivity contribution is -0.141. The lowest BCUT2D eigenvalue weighted by Gasteiger charge is -2.13. The Morgan fingerprint density at radius 1 is 1.16 bits per heavy atom. The van der Waals surface area contributed by atoms with Crippen LogP contribution in [0.5, 0.6) is 0 Å². The molecular formula is C18H19N3O4. The number of nitrogens with zero attached hydrogens (tertiary/aromatic N) is 2. The lowest BCUT2D eigenvalue weighted by Crippen LogP contribution is -2.35. The first kappa shape index (κ1) is 16.9. The molecule has 1 fully saturated rings. The second kappa shape index (κ2) is 7.29. The summed E-state index contributed by atoms with van der Waals surface area (Å²) in [4.78, 5) is 35.3. The van der Waals surface area contributed by atoms with Crippen molar-refractivity contribution in [2.75, 3.05) is 0 Å². The van der Waals surface area contributed by atoms with Gasteiger partial charge >= 0.3 is 5.97 Å². The molecule has 7 heteroatoms. The minimum Gasteiger partial charge on any atom is -0.481 e. The summed E-state index contributed by atoms with van der Waals surface area (Å²) in [5.74, 6) is -1.63. The van der Waals surface area contributed by atoms with Crippen LogP contribution in [0.3, 0.4) is 0 Å². The van der Waals surface area contributed by atoms with Crippen LogP contribution < -0.4 is 10.9 Å². The van der Waals surface area contributed by atoms with E-state index in [2.05, 4.69) is 10.4 Å². The molecule has 1 aliphatic carbocycles. The molecule has 1 aliphatic rings. The summed E-state index contributed by atoms with van der Waals surface area (Å²) in [6, 6.07) is 11.9. The number of amides is 1. The number of nitrogens with one attached hydrogen (secondary N) is 1. The maximum Gasteiger partial charge on any atom is 0.306 e. The van der Waals surface area contributed by atoms with Gasteiger partial charge in [0.2, 0.25) is 0 Å². The quantitative estimate of drug-likeness (QED) is 0.853. The number of rotatable bonds is 5. The first-order valence-corrected chi connectivity index (χ1v) is 8.18. The van der Waals surface area contributed by atoms with Crippen LogP contribution >= 0.6 is 0 Å². The molecular weight excluding hydrogens is 322 g/mol. The third-order valence-electron chi connectivity index (χ3n) is 4.39. The zero-order valence-corrected chi connectivity index (χ0v) is 13.6. The van der Waals surface area contributed by atoms with Crippen molar-refractivity contribution in [2.24, 2.45) is 5.92 Å². The number of hydrogen-bond acceptors (Lipinski definition) is 4. The van der Waals surface area contributed by atoms with Crippen LogP contribution in [0.1, 0.15) is 35.3 Å². The molecule has 3 rings (SSSR count). The van der Waals surface area contributed by atoms with E-state index in [0.717, 1.165) is 5.56 Å². The van der Waals surface area contributed by atoms with Gasteiger partial charge in [-0.3, -0.25) is 14.4 Å². The topological polar surface area (TPSA) is 101 Å². The third kappa shape index (κ3) is 4.12. The molecule has 25 heavy (non-hydrogen) atoms. The van der Waals surface area contributed by atoms with Gasteiger partial charge in [0.05, 0.1) is 12.5 Å². The van der Waals surface area contributed by atoms with Crippen LogP contribution in [0.15, 0.2) is 47.3 Å². The SMILES string of the molecule is O=C(N[C@@H]1CC[C@H](C(=O)O)C1)c1ccc(=O)n(Cc2ccccc2)n1. The highest BCUT2D eigenvalue weighted by Crippen LogP contribution is 2.25. The summed E-state index contributed by atoms with van der Waals surface area (Å²) >= 11 is 0. The maximum atomic E-state index is 12.4.